The van der Waals surface area contributed by atoms with Gasteiger partial charge in [0.15, 0.2) is 0 Å². The molecule has 0 spiro atoms. The fourth-order valence-electron chi connectivity index (χ4n) is 6.03. The molecule has 1 nitrogen and oxygen atoms in total. The first-order chi connectivity index (χ1) is 16.2. The highest BCUT2D eigenvalue weighted by molar-refractivity contribution is 6.94. The van der Waals surface area contributed by atoms with Crippen LogP contribution in [0, 0.1) is 5.82 Å². The molecular weight excluding hydrogens is 435 g/mol. The van der Waals surface area contributed by atoms with Crippen LogP contribution in [0.2, 0.25) is 12.1 Å². The summed E-state index contributed by atoms with van der Waals surface area (Å²) in [4.78, 5) is 0. The molecule has 0 fully saturated rings. The molecule has 0 amide bonds. The minimum absolute atomic E-state index is 0.164. The largest absolute Gasteiger partial charge is 0.489 e. The van der Waals surface area contributed by atoms with Crippen LogP contribution in [0.4, 0.5) is 4.39 Å². The third-order valence-corrected chi connectivity index (χ3v) is 13.5. The van der Waals surface area contributed by atoms with Crippen molar-refractivity contribution in [2.24, 2.45) is 0 Å². The molecule has 3 aromatic rings. The van der Waals surface area contributed by atoms with Crippen LogP contribution in [0.1, 0.15) is 63.8 Å². The van der Waals surface area contributed by atoms with E-state index in [1.807, 2.05) is 0 Å². The highest BCUT2D eigenvalue weighted by Gasteiger charge is 2.47. The lowest BCUT2D eigenvalue weighted by Crippen LogP contribution is -2.53. The van der Waals surface area contributed by atoms with Crippen LogP contribution in [0.15, 0.2) is 66.8 Å². The molecular formula is C31H37FOSi. The van der Waals surface area contributed by atoms with Gasteiger partial charge in [0.2, 0.25) is 0 Å². The van der Waals surface area contributed by atoms with Gasteiger partial charge in [-0.15, -0.1) is 0 Å². The van der Waals surface area contributed by atoms with E-state index in [-0.39, 0.29) is 11.2 Å². The Balaban J connectivity index is 2.02. The number of hydrogen-bond donors (Lipinski definition) is 0. The van der Waals surface area contributed by atoms with Crippen LogP contribution in [-0.2, 0) is 5.41 Å². The van der Waals surface area contributed by atoms with Crippen molar-refractivity contribution in [2.45, 2.75) is 64.6 Å². The number of allylic oxidation sites excluding steroid dienone is 1. The topological polar surface area (TPSA) is 9.23 Å². The van der Waals surface area contributed by atoms with E-state index in [2.05, 4.69) is 90.6 Å². The summed E-state index contributed by atoms with van der Waals surface area (Å²) in [6.45, 7) is 17.5. The molecule has 0 radical (unpaired) electrons. The molecule has 0 saturated carbocycles. The van der Waals surface area contributed by atoms with Crippen LogP contribution >= 0.6 is 0 Å². The smallest absolute Gasteiger partial charge is 0.123 e. The molecule has 34 heavy (non-hydrogen) atoms. The maximum Gasteiger partial charge on any atom is 0.123 e. The van der Waals surface area contributed by atoms with Crippen molar-refractivity contribution in [3.63, 3.8) is 0 Å². The third kappa shape index (κ3) is 3.94. The molecule has 0 heterocycles. The Kier molecular flexibility index (Phi) is 6.61. The van der Waals surface area contributed by atoms with Gasteiger partial charge >= 0.3 is 0 Å². The van der Waals surface area contributed by atoms with Crippen molar-refractivity contribution < 1.29 is 9.13 Å². The number of benzene rings is 3. The van der Waals surface area contributed by atoms with E-state index < -0.39 is 8.07 Å². The second-order valence-corrected chi connectivity index (χ2v) is 15.5. The highest BCUT2D eigenvalue weighted by atomic mass is 28.3. The first kappa shape index (κ1) is 24.5. The van der Waals surface area contributed by atoms with Gasteiger partial charge in [0.25, 0.3) is 0 Å². The third-order valence-electron chi connectivity index (χ3n) is 7.70. The Morgan fingerprint density at radius 1 is 1.06 bits per heavy atom. The lowest BCUT2D eigenvalue weighted by Gasteiger charge is -2.40. The van der Waals surface area contributed by atoms with Crippen molar-refractivity contribution in [1.29, 1.82) is 0 Å². The maximum absolute atomic E-state index is 15.3. The molecule has 1 aliphatic carbocycles. The zero-order chi connectivity index (χ0) is 24.7. The quantitative estimate of drug-likeness (QED) is 0.248. The fraction of sp³-hybridized carbons (Fsp3) is 0.355. The van der Waals surface area contributed by atoms with Gasteiger partial charge in [-0.2, -0.15) is 0 Å². The van der Waals surface area contributed by atoms with E-state index >= 15 is 4.39 Å². The standard InChI is InChI=1S/C31H37FOSi/c1-8-17-33-29-27(31(5,6)7)19-23(32)20-28(29)34(9-2,10-3)30-21(4)18-26-24-14-12-11-13-22(24)15-16-25(26)30/h8,11-16,18-20,30H,1,9-10,17H2,2-7H3. The van der Waals surface area contributed by atoms with E-state index in [0.717, 1.165) is 28.6 Å². The second-order valence-electron chi connectivity index (χ2n) is 10.7. The fourth-order valence-corrected chi connectivity index (χ4v) is 11.3. The number of hydrogen-bond acceptors (Lipinski definition) is 1. The summed E-state index contributed by atoms with van der Waals surface area (Å²) >= 11 is 0. The lowest BCUT2D eigenvalue weighted by molar-refractivity contribution is 0.352. The second kappa shape index (κ2) is 9.18. The van der Waals surface area contributed by atoms with E-state index in [4.69, 9.17) is 4.74 Å². The van der Waals surface area contributed by atoms with E-state index in [0.29, 0.717) is 12.1 Å². The van der Waals surface area contributed by atoms with Crippen LogP contribution < -0.4 is 9.92 Å². The number of halogens is 1. The van der Waals surface area contributed by atoms with Gasteiger partial charge in [-0.25, -0.2) is 4.39 Å². The van der Waals surface area contributed by atoms with Gasteiger partial charge in [-0.3, -0.25) is 0 Å². The first-order valence-electron chi connectivity index (χ1n) is 12.5. The number of rotatable bonds is 7. The summed E-state index contributed by atoms with van der Waals surface area (Å²) in [7, 11) is -2.29. The number of fused-ring (bicyclic) bond motifs is 3. The predicted octanol–water partition coefficient (Wildman–Crippen LogP) is 8.28. The number of ether oxygens (including phenoxy) is 1. The van der Waals surface area contributed by atoms with Gasteiger partial charge in [0, 0.05) is 11.1 Å². The lowest BCUT2D eigenvalue weighted by atomic mass is 9.86. The Hall–Kier alpha value is -2.65. The predicted molar refractivity (Wildman–Crippen MR) is 147 cm³/mol. The van der Waals surface area contributed by atoms with Gasteiger partial charge < -0.3 is 4.74 Å². The van der Waals surface area contributed by atoms with E-state index in [1.165, 1.54) is 27.5 Å². The van der Waals surface area contributed by atoms with Gasteiger partial charge in [-0.05, 0) is 51.6 Å². The van der Waals surface area contributed by atoms with Crippen molar-refractivity contribution >= 4 is 30.1 Å². The molecule has 1 aliphatic rings. The van der Waals surface area contributed by atoms with E-state index in [9.17, 15) is 0 Å². The average Bonchev–Trinajstić information content (AvgIpc) is 3.16. The molecule has 178 valence electrons. The summed E-state index contributed by atoms with van der Waals surface area (Å²) in [6.07, 6.45) is 4.16. The molecule has 1 atom stereocenters. The van der Waals surface area contributed by atoms with Crippen LogP contribution in [0.5, 0.6) is 5.75 Å². The highest BCUT2D eigenvalue weighted by Crippen LogP contribution is 2.48. The van der Waals surface area contributed by atoms with Crippen LogP contribution in [0.3, 0.4) is 0 Å². The van der Waals surface area contributed by atoms with Gasteiger partial charge in [0.1, 0.15) is 26.2 Å². The normalized spacial score (nSPS) is 15.9. The monoisotopic (exact) mass is 472 g/mol. The zero-order valence-corrected chi connectivity index (χ0v) is 22.5. The Morgan fingerprint density at radius 3 is 2.41 bits per heavy atom. The summed E-state index contributed by atoms with van der Waals surface area (Å²) in [6, 6.07) is 18.7. The maximum atomic E-state index is 15.3. The average molecular weight is 473 g/mol. The molecule has 0 saturated heterocycles. The molecule has 4 rings (SSSR count). The summed E-state index contributed by atoms with van der Waals surface area (Å²) in [5, 5.41) is 3.68. The summed E-state index contributed by atoms with van der Waals surface area (Å²) in [5.74, 6) is 0.717. The Labute approximate surface area is 205 Å². The molecule has 0 bridgehead atoms. The van der Waals surface area contributed by atoms with Crippen LogP contribution in [-0.4, -0.2) is 14.7 Å². The summed E-state index contributed by atoms with van der Waals surface area (Å²) < 4.78 is 21.7. The minimum atomic E-state index is -2.29. The van der Waals surface area contributed by atoms with Crippen LogP contribution in [0.25, 0.3) is 16.8 Å². The van der Waals surface area contributed by atoms with Gasteiger partial charge in [0.05, 0.1) is 0 Å². The Morgan fingerprint density at radius 2 is 1.76 bits per heavy atom. The first-order valence-corrected chi connectivity index (χ1v) is 14.9. The van der Waals surface area contributed by atoms with Gasteiger partial charge in [-0.1, -0.05) is 107 Å². The van der Waals surface area contributed by atoms with E-state index in [1.54, 1.807) is 18.2 Å². The zero-order valence-electron chi connectivity index (χ0n) is 21.5. The van der Waals surface area contributed by atoms with Crippen molar-refractivity contribution in [3.05, 3.63) is 89.3 Å². The molecule has 3 heteroatoms. The summed E-state index contributed by atoms with van der Waals surface area (Å²) in [5.41, 5.74) is 5.12. The molecule has 1 unspecified atom stereocenters. The Bertz CT molecular complexity index is 1260. The molecule has 3 aromatic carbocycles. The van der Waals surface area contributed by atoms with Crippen molar-refractivity contribution in [1.82, 2.24) is 0 Å². The van der Waals surface area contributed by atoms with Crippen molar-refractivity contribution in [3.8, 4) is 5.75 Å². The van der Waals surface area contributed by atoms with Crippen molar-refractivity contribution in [2.75, 3.05) is 6.61 Å². The SMILES string of the molecule is C=CCOc1c(C(C)(C)C)cc(F)cc1[Si](CC)(CC)C1C(C)=Cc2c1ccc1ccccc21. The minimum Gasteiger partial charge on any atom is -0.489 e. The molecule has 0 aromatic heterocycles. The molecule has 0 N–H and O–H groups in total. The molecule has 0 aliphatic heterocycles.